The fraction of sp³-hybridized carbons (Fsp3) is 0.0714. The first-order chi connectivity index (χ1) is 8.25. The number of nitrogens with zero attached hydrogens (tertiary/aromatic N) is 1. The van der Waals surface area contributed by atoms with E-state index in [1.807, 2.05) is 12.1 Å². The molecule has 1 aromatic carbocycles. The zero-order valence-corrected chi connectivity index (χ0v) is 9.72. The molecule has 0 radical (unpaired) electrons. The van der Waals surface area contributed by atoms with Crippen molar-refractivity contribution in [3.63, 3.8) is 0 Å². The summed E-state index contributed by atoms with van der Waals surface area (Å²) in [4.78, 5) is 4.05. The summed E-state index contributed by atoms with van der Waals surface area (Å²) < 4.78 is 0. The van der Waals surface area contributed by atoms with Gasteiger partial charge in [0, 0.05) is 11.2 Å². The van der Waals surface area contributed by atoms with Crippen LogP contribution in [0.1, 0.15) is 17.4 Å². The van der Waals surface area contributed by atoms with Gasteiger partial charge in [0.2, 0.25) is 0 Å². The minimum Gasteiger partial charge on any atom is -0.376 e. The van der Waals surface area contributed by atoms with Crippen molar-refractivity contribution in [1.82, 2.24) is 4.98 Å². The predicted octanol–water partition coefficient (Wildman–Crippen LogP) is 2.82. The van der Waals surface area contributed by atoms with E-state index in [4.69, 9.17) is 11.6 Å². The highest BCUT2D eigenvalue weighted by Crippen LogP contribution is 2.15. The number of hydrogen-bond acceptors (Lipinski definition) is 2. The van der Waals surface area contributed by atoms with Crippen molar-refractivity contribution in [2.24, 2.45) is 0 Å². The Hall–Kier alpha value is -1.82. The van der Waals surface area contributed by atoms with Crippen LogP contribution in [0, 0.1) is 11.8 Å². The topological polar surface area (TPSA) is 33.1 Å². The number of aliphatic hydroxyl groups is 1. The predicted molar refractivity (Wildman–Crippen MR) is 67.5 cm³/mol. The van der Waals surface area contributed by atoms with Crippen LogP contribution in [0.25, 0.3) is 0 Å². The first-order valence-corrected chi connectivity index (χ1v) is 5.49. The largest absolute Gasteiger partial charge is 0.376 e. The molecule has 0 saturated heterocycles. The minimum absolute atomic E-state index is 0.638. The molecule has 84 valence electrons. The molecule has 0 aliphatic heterocycles. The van der Waals surface area contributed by atoms with Gasteiger partial charge in [-0.15, -0.1) is 0 Å². The summed E-state index contributed by atoms with van der Waals surface area (Å²) in [6.07, 6.45) is 0.841. The average molecular weight is 244 g/mol. The van der Waals surface area contributed by atoms with Crippen molar-refractivity contribution in [2.75, 3.05) is 0 Å². The Kier molecular flexibility index (Phi) is 3.77. The molecular weight excluding hydrogens is 234 g/mol. The molecular formula is C14H10ClNO. The summed E-state index contributed by atoms with van der Waals surface area (Å²) >= 11 is 5.76. The molecule has 0 bridgehead atoms. The fourth-order valence-corrected chi connectivity index (χ4v) is 1.43. The average Bonchev–Trinajstić information content (AvgIpc) is 2.38. The highest BCUT2D eigenvalue weighted by molar-refractivity contribution is 6.30. The molecule has 3 heteroatoms. The molecule has 1 unspecified atom stereocenters. The molecule has 0 spiro atoms. The van der Waals surface area contributed by atoms with Crippen molar-refractivity contribution in [3.05, 3.63) is 64.9 Å². The van der Waals surface area contributed by atoms with Crippen molar-refractivity contribution in [1.29, 1.82) is 0 Å². The fourth-order valence-electron chi connectivity index (χ4n) is 1.31. The van der Waals surface area contributed by atoms with E-state index >= 15 is 0 Å². The number of aromatic nitrogens is 1. The first-order valence-electron chi connectivity index (χ1n) is 5.12. The number of halogens is 1. The van der Waals surface area contributed by atoms with Crippen LogP contribution in [-0.2, 0) is 0 Å². The van der Waals surface area contributed by atoms with E-state index in [0.717, 1.165) is 5.56 Å². The van der Waals surface area contributed by atoms with Crippen LogP contribution in [0.5, 0.6) is 0 Å². The van der Waals surface area contributed by atoms with Gasteiger partial charge in [0.25, 0.3) is 0 Å². The molecule has 2 aromatic rings. The van der Waals surface area contributed by atoms with Gasteiger partial charge in [-0.3, -0.25) is 0 Å². The van der Waals surface area contributed by atoms with E-state index in [0.29, 0.717) is 10.7 Å². The lowest BCUT2D eigenvalue weighted by molar-refractivity contribution is 0.238. The molecule has 2 rings (SSSR count). The van der Waals surface area contributed by atoms with Crippen LogP contribution in [0.4, 0.5) is 0 Å². The van der Waals surface area contributed by atoms with Crippen molar-refractivity contribution in [2.45, 2.75) is 6.10 Å². The van der Waals surface area contributed by atoms with Crippen molar-refractivity contribution in [3.8, 4) is 11.8 Å². The Morgan fingerprint density at radius 1 is 1.12 bits per heavy atom. The Bertz CT molecular complexity index is 540. The zero-order valence-electron chi connectivity index (χ0n) is 8.97. The molecule has 0 saturated carbocycles. The van der Waals surface area contributed by atoms with Gasteiger partial charge in [0.1, 0.15) is 11.8 Å². The molecule has 0 aliphatic carbocycles. The molecule has 2 nitrogen and oxygen atoms in total. The number of rotatable bonds is 1. The third-order valence-corrected chi connectivity index (χ3v) is 2.44. The maximum Gasteiger partial charge on any atom is 0.140 e. The third kappa shape index (κ3) is 3.32. The summed E-state index contributed by atoms with van der Waals surface area (Å²) in [7, 11) is 0. The first kappa shape index (κ1) is 11.7. The smallest absolute Gasteiger partial charge is 0.140 e. The van der Waals surface area contributed by atoms with Crippen LogP contribution in [-0.4, -0.2) is 10.1 Å². The van der Waals surface area contributed by atoms with Gasteiger partial charge in [-0.2, -0.15) is 0 Å². The summed E-state index contributed by atoms with van der Waals surface area (Å²) in [5.41, 5.74) is 1.36. The van der Waals surface area contributed by atoms with E-state index < -0.39 is 6.10 Å². The molecule has 0 aliphatic rings. The molecule has 1 atom stereocenters. The van der Waals surface area contributed by atoms with Gasteiger partial charge in [-0.1, -0.05) is 35.7 Å². The molecule has 1 N–H and O–H groups in total. The van der Waals surface area contributed by atoms with Crippen LogP contribution in [0.15, 0.2) is 48.7 Å². The second-order valence-corrected chi connectivity index (χ2v) is 3.87. The third-order valence-electron chi connectivity index (χ3n) is 2.19. The van der Waals surface area contributed by atoms with Gasteiger partial charge in [0.15, 0.2) is 0 Å². The van der Waals surface area contributed by atoms with E-state index in [2.05, 4.69) is 16.8 Å². The highest BCUT2D eigenvalue weighted by atomic mass is 35.5. The monoisotopic (exact) mass is 243 g/mol. The van der Waals surface area contributed by atoms with Gasteiger partial charge in [-0.05, 0) is 35.7 Å². The van der Waals surface area contributed by atoms with Gasteiger partial charge in [0.05, 0.1) is 0 Å². The van der Waals surface area contributed by atoms with Gasteiger partial charge in [-0.25, -0.2) is 4.98 Å². The van der Waals surface area contributed by atoms with Gasteiger partial charge < -0.3 is 5.11 Å². The summed E-state index contributed by atoms with van der Waals surface area (Å²) in [6, 6.07) is 12.4. The van der Waals surface area contributed by atoms with Crippen LogP contribution >= 0.6 is 11.6 Å². The molecule has 1 aromatic heterocycles. The Morgan fingerprint density at radius 2 is 1.88 bits per heavy atom. The van der Waals surface area contributed by atoms with Gasteiger partial charge >= 0.3 is 0 Å². The lowest BCUT2D eigenvalue weighted by Gasteiger charge is -2.02. The molecule has 0 amide bonds. The standard InChI is InChI=1S/C14H10ClNO/c15-12-6-4-11(5-7-12)14(17)9-8-13-3-1-2-10-16-13/h1-7,10,14,17H. The van der Waals surface area contributed by atoms with E-state index in [-0.39, 0.29) is 0 Å². The quantitative estimate of drug-likeness (QED) is 0.782. The SMILES string of the molecule is OC(C#Cc1ccccn1)c1ccc(Cl)cc1. The normalized spacial score (nSPS) is 11.4. The van der Waals surface area contributed by atoms with Crippen LogP contribution in [0.2, 0.25) is 5.02 Å². The highest BCUT2D eigenvalue weighted by Gasteiger charge is 2.02. The van der Waals surface area contributed by atoms with E-state index in [1.165, 1.54) is 0 Å². The molecule has 1 heterocycles. The summed E-state index contributed by atoms with van der Waals surface area (Å²) in [5.74, 6) is 5.55. The number of hydrogen-bond donors (Lipinski definition) is 1. The molecule has 17 heavy (non-hydrogen) atoms. The number of aliphatic hydroxyl groups excluding tert-OH is 1. The van der Waals surface area contributed by atoms with Crippen molar-refractivity contribution >= 4 is 11.6 Å². The van der Waals surface area contributed by atoms with Crippen LogP contribution in [0.3, 0.4) is 0 Å². The minimum atomic E-state index is -0.825. The maximum absolute atomic E-state index is 9.83. The summed E-state index contributed by atoms with van der Waals surface area (Å²) in [5, 5.41) is 10.5. The second-order valence-electron chi connectivity index (χ2n) is 3.44. The Balaban J connectivity index is 2.15. The Labute approximate surface area is 105 Å². The van der Waals surface area contributed by atoms with E-state index in [1.54, 1.807) is 36.5 Å². The lowest BCUT2D eigenvalue weighted by atomic mass is 10.1. The number of benzene rings is 1. The second kappa shape index (κ2) is 5.49. The zero-order chi connectivity index (χ0) is 12.1. The number of pyridine rings is 1. The van der Waals surface area contributed by atoms with Crippen molar-refractivity contribution < 1.29 is 5.11 Å². The summed E-state index contributed by atoms with van der Waals surface area (Å²) in [6.45, 7) is 0. The Morgan fingerprint density at radius 3 is 2.53 bits per heavy atom. The van der Waals surface area contributed by atoms with E-state index in [9.17, 15) is 5.11 Å². The maximum atomic E-state index is 9.83. The van der Waals surface area contributed by atoms with Crippen LogP contribution < -0.4 is 0 Å². The lowest BCUT2D eigenvalue weighted by Crippen LogP contribution is -1.93. The molecule has 0 fully saturated rings.